The SMILES string of the molecule is CCOC(=O)C(Cc1ccc(-c2cccs2)cc1)(Cc1ccc(-c2cccs2)cc1)NC=O. The second-order valence-corrected chi connectivity index (χ2v) is 9.66. The summed E-state index contributed by atoms with van der Waals surface area (Å²) in [6, 6.07) is 24.4. The summed E-state index contributed by atoms with van der Waals surface area (Å²) in [6.07, 6.45) is 1.26. The molecule has 0 spiro atoms. The Kier molecular flexibility index (Phi) is 7.37. The lowest BCUT2D eigenvalue weighted by atomic mass is 9.84. The van der Waals surface area contributed by atoms with Crippen LogP contribution < -0.4 is 5.32 Å². The molecular formula is C27H25NO3S2. The van der Waals surface area contributed by atoms with Gasteiger partial charge in [-0.05, 0) is 52.1 Å². The smallest absolute Gasteiger partial charge is 0.332 e. The van der Waals surface area contributed by atoms with Gasteiger partial charge in [0.25, 0.3) is 0 Å². The Bertz CT molecular complexity index is 1090. The standard InChI is InChI=1S/C27H25NO3S2/c1-2-31-26(30)27(28-19-29,17-20-7-11-22(12-8-20)24-5-3-15-32-24)18-21-9-13-23(14-10-21)25-6-4-16-33-25/h3-16,19H,2,17-18H2,1H3,(H,28,29). The maximum atomic E-state index is 13.1. The first-order chi connectivity index (χ1) is 16.1. The summed E-state index contributed by atoms with van der Waals surface area (Å²) in [4.78, 5) is 27.1. The number of hydrogen-bond donors (Lipinski definition) is 1. The van der Waals surface area contributed by atoms with Crippen LogP contribution in [0.3, 0.4) is 0 Å². The van der Waals surface area contributed by atoms with Crippen molar-refractivity contribution < 1.29 is 14.3 Å². The van der Waals surface area contributed by atoms with Crippen molar-refractivity contribution in [1.82, 2.24) is 5.32 Å². The quantitative estimate of drug-likeness (QED) is 0.227. The first-order valence-corrected chi connectivity index (χ1v) is 12.5. The van der Waals surface area contributed by atoms with Crippen molar-refractivity contribution in [2.45, 2.75) is 25.3 Å². The highest BCUT2D eigenvalue weighted by molar-refractivity contribution is 7.13. The Hall–Kier alpha value is -3.22. The molecule has 2 aromatic carbocycles. The van der Waals surface area contributed by atoms with Gasteiger partial charge in [-0.2, -0.15) is 0 Å². The van der Waals surface area contributed by atoms with Gasteiger partial charge in [0.1, 0.15) is 5.54 Å². The number of amides is 1. The molecule has 1 N–H and O–H groups in total. The number of nitrogens with one attached hydrogen (secondary N) is 1. The fourth-order valence-electron chi connectivity index (χ4n) is 3.91. The number of carbonyl (C=O) groups excluding carboxylic acids is 2. The molecule has 0 saturated carbocycles. The van der Waals surface area contributed by atoms with Crippen molar-refractivity contribution in [3.63, 3.8) is 0 Å². The van der Waals surface area contributed by atoms with Crippen LogP contribution in [-0.2, 0) is 27.2 Å². The van der Waals surface area contributed by atoms with E-state index in [0.29, 0.717) is 19.3 Å². The van der Waals surface area contributed by atoms with Crippen molar-refractivity contribution in [3.8, 4) is 20.9 Å². The second kappa shape index (κ2) is 10.6. The van der Waals surface area contributed by atoms with E-state index < -0.39 is 11.5 Å². The second-order valence-electron chi connectivity index (χ2n) is 7.77. The largest absolute Gasteiger partial charge is 0.464 e. The molecule has 0 bridgehead atoms. The van der Waals surface area contributed by atoms with Crippen LogP contribution in [0, 0.1) is 0 Å². The summed E-state index contributed by atoms with van der Waals surface area (Å²) in [7, 11) is 0. The van der Waals surface area contributed by atoms with Gasteiger partial charge >= 0.3 is 5.97 Å². The lowest BCUT2D eigenvalue weighted by molar-refractivity contribution is -0.152. The van der Waals surface area contributed by atoms with Crippen molar-refractivity contribution >= 4 is 35.1 Å². The van der Waals surface area contributed by atoms with Gasteiger partial charge in [-0.25, -0.2) is 4.79 Å². The summed E-state index contributed by atoms with van der Waals surface area (Å²) in [5.41, 5.74) is 2.97. The molecule has 2 heterocycles. The van der Waals surface area contributed by atoms with E-state index in [0.717, 1.165) is 22.3 Å². The molecule has 0 saturated heterocycles. The summed E-state index contributed by atoms with van der Waals surface area (Å²) in [5, 5.41) is 6.91. The molecule has 4 nitrogen and oxygen atoms in total. The van der Waals surface area contributed by atoms with Crippen LogP contribution in [0.1, 0.15) is 18.1 Å². The third-order valence-corrected chi connectivity index (χ3v) is 7.37. The number of thiophene rings is 2. The molecule has 2 aromatic heterocycles. The lowest BCUT2D eigenvalue weighted by Gasteiger charge is -2.31. The minimum Gasteiger partial charge on any atom is -0.464 e. The Balaban J connectivity index is 1.61. The van der Waals surface area contributed by atoms with Crippen LogP contribution in [0.4, 0.5) is 0 Å². The van der Waals surface area contributed by atoms with Crippen molar-refractivity contribution in [3.05, 3.63) is 94.7 Å². The monoisotopic (exact) mass is 475 g/mol. The van der Waals surface area contributed by atoms with Gasteiger partial charge in [0.2, 0.25) is 6.41 Å². The minimum absolute atomic E-state index is 0.246. The maximum Gasteiger partial charge on any atom is 0.332 e. The van der Waals surface area contributed by atoms with E-state index in [1.54, 1.807) is 29.6 Å². The van der Waals surface area contributed by atoms with E-state index >= 15 is 0 Å². The Morgan fingerprint density at radius 1 is 0.848 bits per heavy atom. The average Bonchev–Trinajstić information content (AvgIpc) is 3.55. The molecule has 0 aliphatic carbocycles. The molecule has 4 aromatic rings. The number of benzene rings is 2. The van der Waals surface area contributed by atoms with Crippen molar-refractivity contribution in [2.75, 3.05) is 6.61 Å². The van der Waals surface area contributed by atoms with Crippen LogP contribution in [0.25, 0.3) is 20.9 Å². The zero-order valence-corrected chi connectivity index (χ0v) is 20.0. The fraction of sp³-hybridized carbons (Fsp3) is 0.185. The Morgan fingerprint density at radius 3 is 1.70 bits per heavy atom. The predicted molar refractivity (Wildman–Crippen MR) is 135 cm³/mol. The summed E-state index contributed by atoms with van der Waals surface area (Å²) >= 11 is 3.37. The van der Waals surface area contributed by atoms with Gasteiger partial charge in [0.05, 0.1) is 6.61 Å². The normalized spacial score (nSPS) is 11.2. The minimum atomic E-state index is -1.19. The number of carbonyl (C=O) groups is 2. The number of rotatable bonds is 10. The van der Waals surface area contributed by atoms with E-state index in [4.69, 9.17) is 4.74 Å². The average molecular weight is 476 g/mol. The van der Waals surface area contributed by atoms with Gasteiger partial charge in [0.15, 0.2) is 0 Å². The molecule has 0 aliphatic rings. The van der Waals surface area contributed by atoms with Gasteiger partial charge in [-0.3, -0.25) is 4.79 Å². The third-order valence-electron chi connectivity index (χ3n) is 5.53. The molecular weight excluding hydrogens is 450 g/mol. The Morgan fingerprint density at radius 2 is 1.33 bits per heavy atom. The zero-order valence-electron chi connectivity index (χ0n) is 18.3. The summed E-state index contributed by atoms with van der Waals surface area (Å²) in [6.45, 7) is 2.02. The maximum absolute atomic E-state index is 13.1. The van der Waals surface area contributed by atoms with Crippen LogP contribution in [0.15, 0.2) is 83.6 Å². The Labute approximate surface area is 201 Å². The highest BCUT2D eigenvalue weighted by Crippen LogP contribution is 2.29. The topological polar surface area (TPSA) is 55.4 Å². The molecule has 0 unspecified atom stereocenters. The van der Waals surface area contributed by atoms with Crippen LogP contribution >= 0.6 is 22.7 Å². The molecule has 6 heteroatoms. The number of hydrogen-bond acceptors (Lipinski definition) is 5. The van der Waals surface area contributed by atoms with Gasteiger partial charge in [-0.1, -0.05) is 60.7 Å². The van der Waals surface area contributed by atoms with E-state index in [2.05, 4.69) is 17.4 Å². The zero-order chi connectivity index (χ0) is 23.1. The van der Waals surface area contributed by atoms with Crippen LogP contribution in [0.5, 0.6) is 0 Å². The summed E-state index contributed by atoms with van der Waals surface area (Å²) < 4.78 is 5.41. The number of esters is 1. The molecule has 4 rings (SSSR count). The highest BCUT2D eigenvalue weighted by atomic mass is 32.1. The van der Waals surface area contributed by atoms with E-state index in [9.17, 15) is 9.59 Å². The molecule has 0 atom stereocenters. The number of ether oxygens (including phenoxy) is 1. The first-order valence-electron chi connectivity index (χ1n) is 10.8. The fourth-order valence-corrected chi connectivity index (χ4v) is 5.37. The predicted octanol–water partition coefficient (Wildman–Crippen LogP) is 5.98. The highest BCUT2D eigenvalue weighted by Gasteiger charge is 2.40. The molecule has 33 heavy (non-hydrogen) atoms. The van der Waals surface area contributed by atoms with Gasteiger partial charge in [-0.15, -0.1) is 22.7 Å². The van der Waals surface area contributed by atoms with Gasteiger partial charge < -0.3 is 10.1 Å². The van der Waals surface area contributed by atoms with Crippen LogP contribution in [-0.4, -0.2) is 24.5 Å². The first kappa shape index (κ1) is 23.0. The van der Waals surface area contributed by atoms with Gasteiger partial charge in [0, 0.05) is 22.6 Å². The van der Waals surface area contributed by atoms with E-state index in [1.165, 1.54) is 9.75 Å². The van der Waals surface area contributed by atoms with E-state index in [1.807, 2.05) is 71.4 Å². The molecule has 0 fully saturated rings. The third kappa shape index (κ3) is 5.41. The van der Waals surface area contributed by atoms with Crippen molar-refractivity contribution in [2.24, 2.45) is 0 Å². The molecule has 1 amide bonds. The van der Waals surface area contributed by atoms with Crippen LogP contribution in [0.2, 0.25) is 0 Å². The molecule has 168 valence electrons. The van der Waals surface area contributed by atoms with Crippen molar-refractivity contribution in [1.29, 1.82) is 0 Å². The molecule has 0 radical (unpaired) electrons. The lowest BCUT2D eigenvalue weighted by Crippen LogP contribution is -2.56. The van der Waals surface area contributed by atoms with E-state index in [-0.39, 0.29) is 6.61 Å². The molecule has 0 aliphatic heterocycles. The summed E-state index contributed by atoms with van der Waals surface area (Å²) in [5.74, 6) is -0.429.